The van der Waals surface area contributed by atoms with Crippen molar-refractivity contribution in [2.45, 2.75) is 158 Å². The summed E-state index contributed by atoms with van der Waals surface area (Å²) >= 11 is 0. The molecule has 4 unspecified atom stereocenters. The van der Waals surface area contributed by atoms with Crippen LogP contribution >= 0.6 is 0 Å². The van der Waals surface area contributed by atoms with Crippen molar-refractivity contribution in [1.29, 1.82) is 0 Å². The summed E-state index contributed by atoms with van der Waals surface area (Å²) in [6, 6.07) is 36.2. The molecule has 11 nitrogen and oxygen atoms in total. The van der Waals surface area contributed by atoms with E-state index in [0.29, 0.717) is 67.3 Å². The first-order valence-electron chi connectivity index (χ1n) is 33.8. The van der Waals surface area contributed by atoms with Crippen LogP contribution in [0.4, 0.5) is 5.69 Å². The molecule has 9 rings (SSSR count). The van der Waals surface area contributed by atoms with E-state index >= 15 is 0 Å². The zero-order chi connectivity index (χ0) is 63.4. The number of H-pyrrole nitrogens is 2. The van der Waals surface area contributed by atoms with Crippen LogP contribution in [-0.4, -0.2) is 57.4 Å². The van der Waals surface area contributed by atoms with Gasteiger partial charge in [0.15, 0.2) is 23.0 Å². The molecule has 5 N–H and O–H groups in total. The average molecular weight is 1210 g/mol. The van der Waals surface area contributed by atoms with E-state index in [2.05, 4.69) is 169 Å². The summed E-state index contributed by atoms with van der Waals surface area (Å²) < 4.78 is 27.4. The van der Waals surface area contributed by atoms with Gasteiger partial charge in [0.2, 0.25) is 0 Å². The topological polar surface area (TPSA) is 158 Å². The first-order valence-corrected chi connectivity index (χ1v) is 33.8. The minimum Gasteiger partial charge on any atom is -0.489 e. The van der Waals surface area contributed by atoms with Crippen LogP contribution in [0.3, 0.4) is 0 Å². The van der Waals surface area contributed by atoms with Gasteiger partial charge in [0.05, 0.1) is 54.8 Å². The van der Waals surface area contributed by atoms with Gasteiger partial charge in [-0.15, -0.1) is 0 Å². The van der Waals surface area contributed by atoms with E-state index in [9.17, 15) is 9.90 Å². The number of carboxylic acids is 1. The van der Waals surface area contributed by atoms with Crippen molar-refractivity contribution in [2.24, 2.45) is 23.7 Å². The van der Waals surface area contributed by atoms with Crippen LogP contribution in [-0.2, 0) is 0 Å². The van der Waals surface area contributed by atoms with E-state index in [1.165, 1.54) is 12.8 Å². The normalized spacial score (nSPS) is 13.4. The number of nitrogen functional groups attached to an aromatic ring is 1. The van der Waals surface area contributed by atoms with Crippen LogP contribution in [0.2, 0.25) is 0 Å². The van der Waals surface area contributed by atoms with Crippen LogP contribution in [0.1, 0.15) is 202 Å². The predicted octanol–water partition coefficient (Wildman–Crippen LogP) is 21.5. The maximum atomic E-state index is 12.0. The van der Waals surface area contributed by atoms with Gasteiger partial charge in [-0.25, -0.2) is 14.8 Å². The van der Waals surface area contributed by atoms with Gasteiger partial charge in [0, 0.05) is 50.0 Å². The molecule has 5 heterocycles. The second-order valence-corrected chi connectivity index (χ2v) is 24.7. The Hall–Kier alpha value is -8.31. The number of aromatic amines is 2. The van der Waals surface area contributed by atoms with Crippen LogP contribution in [0.25, 0.3) is 91.9 Å². The summed E-state index contributed by atoms with van der Waals surface area (Å²) in [4.78, 5) is 31.0. The fourth-order valence-corrected chi connectivity index (χ4v) is 12.1. The van der Waals surface area contributed by atoms with E-state index in [1.54, 1.807) is 12.1 Å². The van der Waals surface area contributed by atoms with Crippen LogP contribution in [0.15, 0.2) is 109 Å². The van der Waals surface area contributed by atoms with Crippen molar-refractivity contribution in [2.75, 3.05) is 32.2 Å². The number of ether oxygens (including phenoxy) is 4. The molecule has 0 amide bonds. The highest BCUT2D eigenvalue weighted by Crippen LogP contribution is 2.42. The van der Waals surface area contributed by atoms with E-state index in [-0.39, 0.29) is 5.56 Å². The summed E-state index contributed by atoms with van der Waals surface area (Å²) in [5.41, 5.74) is 20.9. The van der Waals surface area contributed by atoms with Gasteiger partial charge >= 0.3 is 5.97 Å². The number of aromatic nitrogens is 4. The number of hydrogen-bond donors (Lipinski definition) is 4. The lowest BCUT2D eigenvalue weighted by atomic mass is 10.00. The minimum absolute atomic E-state index is 0.223. The third-order valence-electron chi connectivity index (χ3n) is 18.1. The Morgan fingerprint density at radius 1 is 0.444 bits per heavy atom. The zero-order valence-corrected chi connectivity index (χ0v) is 54.8. The van der Waals surface area contributed by atoms with Crippen molar-refractivity contribution < 1.29 is 28.8 Å². The maximum absolute atomic E-state index is 12.0. The molecule has 4 aromatic carbocycles. The number of nitrogens with zero attached hydrogens (tertiary/aromatic N) is 2. The Bertz CT molecular complexity index is 3670. The monoisotopic (exact) mass is 1210 g/mol. The molecular weight excluding hydrogens is 1110 g/mol. The number of benzene rings is 4. The van der Waals surface area contributed by atoms with Crippen molar-refractivity contribution in [3.05, 3.63) is 149 Å². The number of nitrogens with two attached hydrogens (primary N) is 1. The summed E-state index contributed by atoms with van der Waals surface area (Å²) in [5.74, 6) is 3.65. The number of carboxylic acid groups (broad SMARTS) is 1. The number of hydrogen-bond acceptors (Lipinski definition) is 8. The lowest BCUT2D eigenvalue weighted by Crippen LogP contribution is -2.14. The summed E-state index contributed by atoms with van der Waals surface area (Å²) in [5, 5.41) is 9.79. The Labute approximate surface area is 535 Å². The quantitative estimate of drug-likeness (QED) is 0.0288. The van der Waals surface area contributed by atoms with Gasteiger partial charge < -0.3 is 39.8 Å². The van der Waals surface area contributed by atoms with Gasteiger partial charge in [0.1, 0.15) is 0 Å². The largest absolute Gasteiger partial charge is 0.489 e. The number of unbranched alkanes of at least 4 members (excludes halogenated alkanes) is 4. The summed E-state index contributed by atoms with van der Waals surface area (Å²) in [6.07, 6.45) is 30.3. The van der Waals surface area contributed by atoms with Gasteiger partial charge in [0.25, 0.3) is 0 Å². The lowest BCUT2D eigenvalue weighted by Gasteiger charge is -2.21. The van der Waals surface area contributed by atoms with E-state index in [0.717, 1.165) is 191 Å². The molecule has 3 aromatic heterocycles. The Kier molecular flexibility index (Phi) is 24.2. The molecule has 2 aliphatic heterocycles. The minimum atomic E-state index is -0.972. The number of fused-ring (bicyclic) bond motifs is 8. The second-order valence-electron chi connectivity index (χ2n) is 24.7. The molecule has 7 aromatic rings. The Balaban J connectivity index is 1.31. The number of nitrogens with one attached hydrogen (secondary N) is 2. The molecule has 0 radical (unpaired) electrons. The van der Waals surface area contributed by atoms with Gasteiger partial charge in [-0.05, 0) is 169 Å². The molecule has 0 saturated carbocycles. The fraction of sp³-hybridized carbons (Fsp3) is 0.405. The average Bonchev–Trinajstić information content (AvgIpc) is 1.65. The number of anilines is 1. The fourth-order valence-electron chi connectivity index (χ4n) is 12.1. The third kappa shape index (κ3) is 16.9. The molecule has 8 bridgehead atoms. The van der Waals surface area contributed by atoms with E-state index in [1.807, 2.05) is 30.3 Å². The van der Waals surface area contributed by atoms with Crippen molar-refractivity contribution in [3.63, 3.8) is 0 Å². The SMILES string of the molecule is CCCCC(CC)COc1ccc(-c2c3nc(c(-c4ccc(N)cc4)c4ccc([nH]4)c(-c4ccc(OCC(CC)CCCC)c(OCC(CC)CCCC)c4)c4nc(c(/C=C/c5ccc(C(=O)O)cc5)c5ccc2[nH]5)C=C4)C=C3)cc1OCC(CC)CCCC. The maximum Gasteiger partial charge on any atom is 0.335 e. The Morgan fingerprint density at radius 3 is 1.22 bits per heavy atom. The lowest BCUT2D eigenvalue weighted by molar-refractivity contribution is 0.0696. The van der Waals surface area contributed by atoms with Crippen molar-refractivity contribution in [3.8, 4) is 56.4 Å². The number of rotatable bonds is 34. The number of carbonyl (C=O) groups is 1. The molecule has 0 spiro atoms. The molecule has 0 saturated heterocycles. The standard InChI is InChI=1S/C79H97N5O6/c1-9-17-21-53(13-5)49-87-72-45-32-60(47-74(72)89-51-55(15-7)23-19-11-3)77-68-39-37-64(81-68)63(36-27-57-25-28-59(29-26-57)79(85)86)65-38-40-69(82-65)78(71-44-42-67(84-71)76(66-41-43-70(77)83-66)58-30-34-62(80)35-31-58)61-33-46-73(88-50-54(14-6)22-18-10-2)75(48-61)90-52-56(16-8)24-20-12-4/h25-48,53-56,81,84H,9-24,49-52,80H2,1-8H3,(H,85,86)/b36-27+,64-63?,65-63?,76-66?,76-67?,77-68?,77-70?,78-69?,78-71?. The van der Waals surface area contributed by atoms with Crippen LogP contribution in [0.5, 0.6) is 23.0 Å². The van der Waals surface area contributed by atoms with E-state index < -0.39 is 5.97 Å². The smallest absolute Gasteiger partial charge is 0.335 e. The number of aromatic carboxylic acids is 1. The molecule has 474 valence electrons. The molecule has 90 heavy (non-hydrogen) atoms. The molecule has 2 aliphatic rings. The summed E-state index contributed by atoms with van der Waals surface area (Å²) in [7, 11) is 0. The first kappa shape index (κ1) is 66.1. The van der Waals surface area contributed by atoms with E-state index in [4.69, 9.17) is 34.6 Å². The zero-order valence-electron chi connectivity index (χ0n) is 54.8. The Morgan fingerprint density at radius 2 is 0.811 bits per heavy atom. The highest BCUT2D eigenvalue weighted by Gasteiger charge is 2.23. The highest BCUT2D eigenvalue weighted by atomic mass is 16.5. The molecule has 4 atom stereocenters. The van der Waals surface area contributed by atoms with Crippen molar-refractivity contribution >= 4 is 70.2 Å². The van der Waals surface area contributed by atoms with Gasteiger partial charge in [-0.1, -0.05) is 181 Å². The molecule has 0 aliphatic carbocycles. The van der Waals surface area contributed by atoms with Crippen molar-refractivity contribution in [1.82, 2.24) is 19.9 Å². The molecule has 0 fully saturated rings. The van der Waals surface area contributed by atoms with Gasteiger partial charge in [-0.3, -0.25) is 0 Å². The van der Waals surface area contributed by atoms with Gasteiger partial charge in [-0.2, -0.15) is 0 Å². The first-order chi connectivity index (χ1) is 44.0. The summed E-state index contributed by atoms with van der Waals surface area (Å²) in [6.45, 7) is 20.4. The molecule has 11 heteroatoms. The second kappa shape index (κ2) is 33.0. The highest BCUT2D eigenvalue weighted by molar-refractivity contribution is 5.99. The van der Waals surface area contributed by atoms with Crippen LogP contribution in [0, 0.1) is 23.7 Å². The van der Waals surface area contributed by atoms with Crippen LogP contribution < -0.4 is 24.7 Å². The third-order valence-corrected chi connectivity index (χ3v) is 18.1. The molecular formula is C79H97N5O6. The predicted molar refractivity (Wildman–Crippen MR) is 377 cm³/mol.